The quantitative estimate of drug-likeness (QED) is 0.349. The van der Waals surface area contributed by atoms with Gasteiger partial charge in [0.15, 0.2) is 0 Å². The zero-order valence-electron chi connectivity index (χ0n) is 9.97. The van der Waals surface area contributed by atoms with E-state index in [4.69, 9.17) is 11.1 Å². The number of hydrogen-bond acceptors (Lipinski definition) is 2. The molecular formula is C12H25N3. The number of nitrogens with two attached hydrogens (primary N) is 1. The van der Waals surface area contributed by atoms with Crippen LogP contribution < -0.4 is 5.73 Å². The molecule has 0 heterocycles. The molecule has 0 aromatic carbocycles. The topological polar surface area (TPSA) is 53.1 Å². The number of hydrogen-bond donors (Lipinski definition) is 2. The average molecular weight is 211 g/mol. The van der Waals surface area contributed by atoms with Crippen molar-refractivity contribution in [1.82, 2.24) is 4.90 Å². The molecule has 0 atom stereocenters. The summed E-state index contributed by atoms with van der Waals surface area (Å²) in [7, 11) is 0. The SMILES string of the molecule is CCCCN(CCCCC(=N)N)C1CC1. The minimum atomic E-state index is 0.335. The predicted octanol–water partition coefficient (Wildman–Crippen LogP) is 2.36. The second-order valence-electron chi connectivity index (χ2n) is 4.60. The van der Waals surface area contributed by atoms with Crippen LogP contribution in [0.5, 0.6) is 0 Å². The normalized spacial score (nSPS) is 15.9. The molecule has 3 heteroatoms. The molecule has 0 unspecified atom stereocenters. The van der Waals surface area contributed by atoms with Gasteiger partial charge in [-0.1, -0.05) is 13.3 Å². The molecule has 3 N–H and O–H groups in total. The van der Waals surface area contributed by atoms with E-state index in [1.165, 1.54) is 45.2 Å². The summed E-state index contributed by atoms with van der Waals surface area (Å²) in [6, 6.07) is 0.883. The van der Waals surface area contributed by atoms with Crippen molar-refractivity contribution >= 4 is 5.84 Å². The van der Waals surface area contributed by atoms with Crippen molar-refractivity contribution in [2.45, 2.75) is 57.9 Å². The summed E-state index contributed by atoms with van der Waals surface area (Å²) in [6.07, 6.45) is 8.45. The summed E-state index contributed by atoms with van der Waals surface area (Å²) >= 11 is 0. The van der Waals surface area contributed by atoms with Gasteiger partial charge in [0.2, 0.25) is 0 Å². The van der Waals surface area contributed by atoms with Crippen molar-refractivity contribution in [2.75, 3.05) is 13.1 Å². The molecule has 0 aliphatic heterocycles. The van der Waals surface area contributed by atoms with E-state index in [1.807, 2.05) is 0 Å². The first-order chi connectivity index (χ1) is 7.24. The summed E-state index contributed by atoms with van der Waals surface area (Å²) in [6.45, 7) is 4.72. The van der Waals surface area contributed by atoms with Crippen LogP contribution in [0.15, 0.2) is 0 Å². The van der Waals surface area contributed by atoms with Crippen LogP contribution in [0.3, 0.4) is 0 Å². The standard InChI is InChI=1S/C12H25N3/c1-2-3-9-15(11-7-8-11)10-5-4-6-12(13)14/h11H,2-10H2,1H3,(H3,13,14). The maximum absolute atomic E-state index is 7.15. The van der Waals surface area contributed by atoms with E-state index in [1.54, 1.807) is 0 Å². The van der Waals surface area contributed by atoms with Crippen molar-refractivity contribution in [2.24, 2.45) is 5.73 Å². The van der Waals surface area contributed by atoms with E-state index < -0.39 is 0 Å². The molecule has 1 rings (SSSR count). The Balaban J connectivity index is 2.06. The molecule has 1 fully saturated rings. The number of nitrogens with zero attached hydrogens (tertiary/aromatic N) is 1. The van der Waals surface area contributed by atoms with Crippen LogP contribution in [0.4, 0.5) is 0 Å². The number of unbranched alkanes of at least 4 members (excludes halogenated alkanes) is 2. The minimum absolute atomic E-state index is 0.335. The third-order valence-corrected chi connectivity index (χ3v) is 3.00. The Bertz CT molecular complexity index is 187. The Morgan fingerprint density at radius 1 is 1.27 bits per heavy atom. The third-order valence-electron chi connectivity index (χ3n) is 3.00. The summed E-state index contributed by atoms with van der Waals surface area (Å²) < 4.78 is 0. The first-order valence-corrected chi connectivity index (χ1v) is 6.31. The van der Waals surface area contributed by atoms with Crippen LogP contribution in [0, 0.1) is 5.41 Å². The molecule has 1 saturated carbocycles. The highest BCUT2D eigenvalue weighted by Crippen LogP contribution is 2.27. The van der Waals surface area contributed by atoms with Gasteiger partial charge in [0.25, 0.3) is 0 Å². The summed E-state index contributed by atoms with van der Waals surface area (Å²) in [5.41, 5.74) is 5.33. The smallest absolute Gasteiger partial charge is 0.0905 e. The molecule has 3 nitrogen and oxygen atoms in total. The molecule has 0 amide bonds. The molecule has 0 saturated heterocycles. The molecule has 0 aromatic rings. The van der Waals surface area contributed by atoms with E-state index >= 15 is 0 Å². The second-order valence-corrected chi connectivity index (χ2v) is 4.60. The fraction of sp³-hybridized carbons (Fsp3) is 0.917. The Morgan fingerprint density at radius 2 is 1.93 bits per heavy atom. The Hall–Kier alpha value is -0.570. The van der Waals surface area contributed by atoms with Gasteiger partial charge in [-0.3, -0.25) is 5.41 Å². The average Bonchev–Trinajstić information content (AvgIpc) is 3.00. The van der Waals surface area contributed by atoms with Gasteiger partial charge in [0, 0.05) is 12.5 Å². The van der Waals surface area contributed by atoms with Crippen molar-refractivity contribution < 1.29 is 0 Å². The molecule has 0 spiro atoms. The van der Waals surface area contributed by atoms with E-state index in [0.29, 0.717) is 5.84 Å². The highest BCUT2D eigenvalue weighted by Gasteiger charge is 2.27. The van der Waals surface area contributed by atoms with Crippen molar-refractivity contribution in [3.8, 4) is 0 Å². The van der Waals surface area contributed by atoms with E-state index in [0.717, 1.165) is 18.9 Å². The molecule has 1 aliphatic carbocycles. The molecule has 15 heavy (non-hydrogen) atoms. The highest BCUT2D eigenvalue weighted by molar-refractivity contribution is 5.76. The van der Waals surface area contributed by atoms with Gasteiger partial charge in [-0.15, -0.1) is 0 Å². The van der Waals surface area contributed by atoms with Gasteiger partial charge in [0.1, 0.15) is 0 Å². The molecule has 0 bridgehead atoms. The monoisotopic (exact) mass is 211 g/mol. The summed E-state index contributed by atoms with van der Waals surface area (Å²) in [5, 5.41) is 7.15. The lowest BCUT2D eigenvalue weighted by atomic mass is 10.2. The Labute approximate surface area is 93.5 Å². The maximum Gasteiger partial charge on any atom is 0.0905 e. The van der Waals surface area contributed by atoms with Crippen LogP contribution in [0.2, 0.25) is 0 Å². The molecular weight excluding hydrogens is 186 g/mol. The van der Waals surface area contributed by atoms with Crippen LogP contribution in [0.25, 0.3) is 0 Å². The second kappa shape index (κ2) is 6.83. The number of nitrogens with one attached hydrogen (secondary N) is 1. The summed E-state index contributed by atoms with van der Waals surface area (Å²) in [4.78, 5) is 2.63. The molecule has 1 aliphatic rings. The predicted molar refractivity (Wildman–Crippen MR) is 65.3 cm³/mol. The lowest BCUT2D eigenvalue weighted by Gasteiger charge is -2.21. The first-order valence-electron chi connectivity index (χ1n) is 6.31. The zero-order chi connectivity index (χ0) is 11.1. The molecule has 88 valence electrons. The fourth-order valence-electron chi connectivity index (χ4n) is 1.91. The van der Waals surface area contributed by atoms with Crippen LogP contribution in [-0.4, -0.2) is 29.9 Å². The molecule has 0 aromatic heterocycles. The number of amidine groups is 1. The Morgan fingerprint density at radius 3 is 2.47 bits per heavy atom. The zero-order valence-corrected chi connectivity index (χ0v) is 9.97. The lowest BCUT2D eigenvalue weighted by Crippen LogP contribution is -2.28. The van der Waals surface area contributed by atoms with Crippen molar-refractivity contribution in [3.05, 3.63) is 0 Å². The highest BCUT2D eigenvalue weighted by atomic mass is 15.2. The fourth-order valence-corrected chi connectivity index (χ4v) is 1.91. The largest absolute Gasteiger partial charge is 0.388 e. The van der Waals surface area contributed by atoms with Crippen molar-refractivity contribution in [1.29, 1.82) is 5.41 Å². The summed E-state index contributed by atoms with van der Waals surface area (Å²) in [5.74, 6) is 0.335. The van der Waals surface area contributed by atoms with Gasteiger partial charge in [-0.2, -0.15) is 0 Å². The van der Waals surface area contributed by atoms with Gasteiger partial charge < -0.3 is 10.6 Å². The Kier molecular flexibility index (Phi) is 5.69. The van der Waals surface area contributed by atoms with Gasteiger partial charge in [0.05, 0.1) is 5.84 Å². The maximum atomic E-state index is 7.15. The van der Waals surface area contributed by atoms with Gasteiger partial charge in [-0.25, -0.2) is 0 Å². The van der Waals surface area contributed by atoms with Gasteiger partial charge >= 0.3 is 0 Å². The first kappa shape index (κ1) is 12.5. The minimum Gasteiger partial charge on any atom is -0.388 e. The van der Waals surface area contributed by atoms with E-state index in [-0.39, 0.29) is 0 Å². The van der Waals surface area contributed by atoms with Crippen molar-refractivity contribution in [3.63, 3.8) is 0 Å². The van der Waals surface area contributed by atoms with Gasteiger partial charge in [-0.05, 0) is 45.2 Å². The van der Waals surface area contributed by atoms with E-state index in [2.05, 4.69) is 11.8 Å². The van der Waals surface area contributed by atoms with Crippen LogP contribution in [-0.2, 0) is 0 Å². The van der Waals surface area contributed by atoms with Crippen LogP contribution >= 0.6 is 0 Å². The van der Waals surface area contributed by atoms with Crippen LogP contribution in [0.1, 0.15) is 51.9 Å². The third kappa shape index (κ3) is 5.78. The number of rotatable bonds is 9. The lowest BCUT2D eigenvalue weighted by molar-refractivity contribution is 0.254. The molecule has 0 radical (unpaired) electrons. The van der Waals surface area contributed by atoms with E-state index in [9.17, 15) is 0 Å².